The second kappa shape index (κ2) is 6.75. The number of H-pyrrole nitrogens is 1. The van der Waals surface area contributed by atoms with E-state index in [9.17, 15) is 4.79 Å². The minimum absolute atomic E-state index is 0.104. The van der Waals surface area contributed by atoms with E-state index in [-0.39, 0.29) is 11.7 Å². The van der Waals surface area contributed by atoms with Crippen LogP contribution in [0.3, 0.4) is 0 Å². The Morgan fingerprint density at radius 2 is 2.00 bits per heavy atom. The van der Waals surface area contributed by atoms with Gasteiger partial charge < -0.3 is 15.0 Å². The number of benzene rings is 2. The van der Waals surface area contributed by atoms with Gasteiger partial charge in [0.05, 0.1) is 23.7 Å². The SMILES string of the molecule is CCC(C)n1c(=O)[nH]c2cc3c(Nc4ccc(OC)cc4)ncnc3cc21. The number of rotatable bonds is 5. The van der Waals surface area contributed by atoms with Crippen molar-refractivity contribution in [1.29, 1.82) is 0 Å². The van der Waals surface area contributed by atoms with Crippen LogP contribution in [-0.4, -0.2) is 26.6 Å². The van der Waals surface area contributed by atoms with E-state index in [0.717, 1.165) is 39.8 Å². The molecule has 0 fully saturated rings. The highest BCUT2D eigenvalue weighted by Gasteiger charge is 2.14. The molecule has 0 amide bonds. The smallest absolute Gasteiger partial charge is 0.326 e. The lowest BCUT2D eigenvalue weighted by molar-refractivity contribution is 0.415. The summed E-state index contributed by atoms with van der Waals surface area (Å²) in [7, 11) is 1.64. The van der Waals surface area contributed by atoms with Crippen molar-refractivity contribution < 1.29 is 4.74 Å². The van der Waals surface area contributed by atoms with E-state index < -0.39 is 0 Å². The molecule has 0 bridgehead atoms. The zero-order chi connectivity index (χ0) is 19.0. The maximum atomic E-state index is 12.4. The van der Waals surface area contributed by atoms with Crippen LogP contribution < -0.4 is 15.7 Å². The third-order valence-corrected chi connectivity index (χ3v) is 4.86. The van der Waals surface area contributed by atoms with Gasteiger partial charge in [-0.15, -0.1) is 0 Å². The number of anilines is 2. The number of methoxy groups -OCH3 is 1. The lowest BCUT2D eigenvalue weighted by Crippen LogP contribution is -2.19. The number of fused-ring (bicyclic) bond motifs is 2. The van der Waals surface area contributed by atoms with Crippen molar-refractivity contribution in [3.05, 3.63) is 53.2 Å². The molecular weight excluding hydrogens is 342 g/mol. The van der Waals surface area contributed by atoms with Gasteiger partial charge in [0.15, 0.2) is 0 Å². The van der Waals surface area contributed by atoms with Crippen LogP contribution >= 0.6 is 0 Å². The van der Waals surface area contributed by atoms with Gasteiger partial charge in [-0.3, -0.25) is 4.57 Å². The van der Waals surface area contributed by atoms with Gasteiger partial charge in [-0.2, -0.15) is 0 Å². The van der Waals surface area contributed by atoms with Crippen LogP contribution in [0.15, 0.2) is 47.5 Å². The van der Waals surface area contributed by atoms with Crippen LogP contribution in [0.2, 0.25) is 0 Å². The molecular formula is C20H21N5O2. The monoisotopic (exact) mass is 363 g/mol. The molecule has 2 N–H and O–H groups in total. The molecule has 0 spiro atoms. The number of nitrogens with zero attached hydrogens (tertiary/aromatic N) is 3. The molecule has 0 saturated carbocycles. The largest absolute Gasteiger partial charge is 0.497 e. The Morgan fingerprint density at radius 1 is 1.22 bits per heavy atom. The zero-order valence-corrected chi connectivity index (χ0v) is 15.5. The van der Waals surface area contributed by atoms with Gasteiger partial charge in [-0.05, 0) is 49.7 Å². The summed E-state index contributed by atoms with van der Waals surface area (Å²) in [5, 5.41) is 4.16. The maximum absolute atomic E-state index is 12.4. The van der Waals surface area contributed by atoms with Crippen LogP contribution in [0.25, 0.3) is 21.9 Å². The summed E-state index contributed by atoms with van der Waals surface area (Å²) >= 11 is 0. The molecule has 138 valence electrons. The van der Waals surface area contributed by atoms with Gasteiger partial charge in [-0.1, -0.05) is 6.92 Å². The van der Waals surface area contributed by atoms with E-state index in [1.54, 1.807) is 11.7 Å². The normalized spacial score (nSPS) is 12.4. The highest BCUT2D eigenvalue weighted by molar-refractivity contribution is 5.99. The lowest BCUT2D eigenvalue weighted by Gasteiger charge is -2.12. The van der Waals surface area contributed by atoms with Crippen molar-refractivity contribution in [3.63, 3.8) is 0 Å². The fourth-order valence-electron chi connectivity index (χ4n) is 3.21. The maximum Gasteiger partial charge on any atom is 0.326 e. The minimum Gasteiger partial charge on any atom is -0.497 e. The summed E-state index contributed by atoms with van der Waals surface area (Å²) in [5.41, 5.74) is 3.20. The first-order valence-corrected chi connectivity index (χ1v) is 8.90. The van der Waals surface area contributed by atoms with E-state index >= 15 is 0 Å². The van der Waals surface area contributed by atoms with E-state index in [1.165, 1.54) is 6.33 Å². The van der Waals surface area contributed by atoms with Crippen molar-refractivity contribution in [1.82, 2.24) is 19.5 Å². The number of hydrogen-bond acceptors (Lipinski definition) is 5. The van der Waals surface area contributed by atoms with Crippen molar-refractivity contribution in [2.45, 2.75) is 26.3 Å². The summed E-state index contributed by atoms with van der Waals surface area (Å²) < 4.78 is 6.98. The van der Waals surface area contributed by atoms with Gasteiger partial charge in [-0.25, -0.2) is 14.8 Å². The van der Waals surface area contributed by atoms with Crippen LogP contribution in [0.4, 0.5) is 11.5 Å². The molecule has 7 nitrogen and oxygen atoms in total. The van der Waals surface area contributed by atoms with E-state index in [4.69, 9.17) is 4.74 Å². The lowest BCUT2D eigenvalue weighted by atomic mass is 10.2. The molecule has 4 aromatic rings. The van der Waals surface area contributed by atoms with E-state index in [1.807, 2.05) is 43.3 Å². The average molecular weight is 363 g/mol. The van der Waals surface area contributed by atoms with Crippen molar-refractivity contribution in [3.8, 4) is 5.75 Å². The molecule has 4 rings (SSSR count). The molecule has 0 aliphatic heterocycles. The molecule has 0 aliphatic rings. The van der Waals surface area contributed by atoms with Crippen molar-refractivity contribution in [2.75, 3.05) is 12.4 Å². The highest BCUT2D eigenvalue weighted by atomic mass is 16.5. The Morgan fingerprint density at radius 3 is 2.70 bits per heavy atom. The number of nitrogens with one attached hydrogen (secondary N) is 2. The molecule has 0 radical (unpaired) electrons. The molecule has 1 unspecified atom stereocenters. The highest BCUT2D eigenvalue weighted by Crippen LogP contribution is 2.28. The number of aromatic nitrogens is 4. The average Bonchev–Trinajstić information content (AvgIpc) is 3.01. The quantitative estimate of drug-likeness (QED) is 0.560. The molecule has 7 heteroatoms. The Bertz CT molecular complexity index is 1160. The first-order chi connectivity index (χ1) is 13.1. The predicted molar refractivity (Wildman–Crippen MR) is 107 cm³/mol. The van der Waals surface area contributed by atoms with Crippen LogP contribution in [0.1, 0.15) is 26.3 Å². The Hall–Kier alpha value is -3.35. The molecule has 27 heavy (non-hydrogen) atoms. The Labute approximate surface area is 156 Å². The number of ether oxygens (including phenoxy) is 1. The summed E-state index contributed by atoms with van der Waals surface area (Å²) in [4.78, 5) is 24.1. The standard InChI is InChI=1S/C20H21N5O2/c1-4-12(2)25-18-10-16-15(9-17(18)24-20(25)26)19(22-11-21-16)23-13-5-7-14(27-3)8-6-13/h5-12H,4H2,1-3H3,(H,24,26)(H,21,22,23). The van der Waals surface area contributed by atoms with E-state index in [0.29, 0.717) is 5.82 Å². The molecule has 0 saturated heterocycles. The van der Waals surface area contributed by atoms with Gasteiger partial charge >= 0.3 is 5.69 Å². The molecule has 1 atom stereocenters. The summed E-state index contributed by atoms with van der Waals surface area (Å²) in [6.07, 6.45) is 2.40. The van der Waals surface area contributed by atoms with Gasteiger partial charge in [0.2, 0.25) is 0 Å². The van der Waals surface area contributed by atoms with Gasteiger partial charge in [0.25, 0.3) is 0 Å². The van der Waals surface area contributed by atoms with Crippen molar-refractivity contribution >= 4 is 33.4 Å². The predicted octanol–water partition coefficient (Wildman–Crippen LogP) is 4.00. The van der Waals surface area contributed by atoms with Crippen molar-refractivity contribution in [2.24, 2.45) is 0 Å². The number of aromatic amines is 1. The summed E-state index contributed by atoms with van der Waals surface area (Å²) in [6, 6.07) is 11.6. The molecule has 2 aromatic heterocycles. The third-order valence-electron chi connectivity index (χ3n) is 4.86. The second-order valence-electron chi connectivity index (χ2n) is 6.52. The topological polar surface area (TPSA) is 84.8 Å². The molecule has 0 aliphatic carbocycles. The first kappa shape index (κ1) is 17.1. The Balaban J connectivity index is 1.83. The summed E-state index contributed by atoms with van der Waals surface area (Å²) in [5.74, 6) is 1.47. The third kappa shape index (κ3) is 3.01. The van der Waals surface area contributed by atoms with Gasteiger partial charge in [0.1, 0.15) is 17.9 Å². The van der Waals surface area contributed by atoms with E-state index in [2.05, 4.69) is 27.2 Å². The zero-order valence-electron chi connectivity index (χ0n) is 15.5. The fourth-order valence-corrected chi connectivity index (χ4v) is 3.21. The first-order valence-electron chi connectivity index (χ1n) is 8.90. The fraction of sp³-hybridized carbons (Fsp3) is 0.250. The number of imidazole rings is 1. The van der Waals surface area contributed by atoms with Crippen LogP contribution in [0.5, 0.6) is 5.75 Å². The minimum atomic E-state index is -0.104. The van der Waals surface area contributed by atoms with Crippen LogP contribution in [0, 0.1) is 0 Å². The number of hydrogen-bond donors (Lipinski definition) is 2. The Kier molecular flexibility index (Phi) is 4.27. The summed E-state index contributed by atoms with van der Waals surface area (Å²) in [6.45, 7) is 4.10. The molecule has 2 aromatic carbocycles. The van der Waals surface area contributed by atoms with Gasteiger partial charge in [0, 0.05) is 17.1 Å². The second-order valence-corrected chi connectivity index (χ2v) is 6.52. The molecule has 2 heterocycles. The van der Waals surface area contributed by atoms with Crippen LogP contribution in [-0.2, 0) is 0 Å².